The standard InChI is InChI=1S/C12H24N2O4/c1-3-7-10(11(15)16)14-12(17)13-8-5-4-6-9-18-2/h10H,3-9H2,1-2H3,(H,15,16)(H2,13,14,17)/t10-/m0/s1. The SMILES string of the molecule is CCC[C@H](NC(=O)NCCCCCOC)C(=O)O. The Hall–Kier alpha value is -1.30. The third kappa shape index (κ3) is 8.81. The summed E-state index contributed by atoms with van der Waals surface area (Å²) in [5.41, 5.74) is 0. The van der Waals surface area contributed by atoms with Crippen molar-refractivity contribution in [2.24, 2.45) is 0 Å². The van der Waals surface area contributed by atoms with Crippen LogP contribution in [0, 0.1) is 0 Å². The zero-order valence-electron chi connectivity index (χ0n) is 11.2. The molecule has 3 N–H and O–H groups in total. The molecule has 0 rings (SSSR count). The molecule has 0 bridgehead atoms. The fourth-order valence-corrected chi connectivity index (χ4v) is 1.51. The zero-order valence-corrected chi connectivity index (χ0v) is 11.2. The molecular weight excluding hydrogens is 236 g/mol. The van der Waals surface area contributed by atoms with E-state index in [4.69, 9.17) is 9.84 Å². The molecule has 0 aromatic rings. The largest absolute Gasteiger partial charge is 0.480 e. The minimum Gasteiger partial charge on any atom is -0.480 e. The van der Waals surface area contributed by atoms with Crippen LogP contribution >= 0.6 is 0 Å². The topological polar surface area (TPSA) is 87.7 Å². The molecule has 0 heterocycles. The number of amides is 2. The molecule has 0 saturated heterocycles. The number of carbonyl (C=O) groups is 2. The van der Waals surface area contributed by atoms with E-state index in [0.29, 0.717) is 19.4 Å². The Morgan fingerprint density at radius 2 is 2.00 bits per heavy atom. The number of unbranched alkanes of at least 4 members (excludes halogenated alkanes) is 2. The molecule has 6 nitrogen and oxygen atoms in total. The molecule has 0 aliphatic carbocycles. The summed E-state index contributed by atoms with van der Waals surface area (Å²) in [6, 6.07) is -1.22. The predicted molar refractivity (Wildman–Crippen MR) is 68.6 cm³/mol. The number of hydrogen-bond acceptors (Lipinski definition) is 3. The number of rotatable bonds is 10. The summed E-state index contributed by atoms with van der Waals surface area (Å²) in [7, 11) is 1.66. The monoisotopic (exact) mass is 260 g/mol. The number of aliphatic carboxylic acids is 1. The molecule has 0 aromatic heterocycles. The van der Waals surface area contributed by atoms with Crippen LogP contribution in [0.1, 0.15) is 39.0 Å². The molecule has 6 heteroatoms. The molecule has 0 saturated carbocycles. The molecule has 1 atom stereocenters. The first-order valence-electron chi connectivity index (χ1n) is 6.38. The number of methoxy groups -OCH3 is 1. The van der Waals surface area contributed by atoms with Gasteiger partial charge < -0.3 is 20.5 Å². The lowest BCUT2D eigenvalue weighted by Crippen LogP contribution is -2.46. The maximum Gasteiger partial charge on any atom is 0.326 e. The summed E-state index contributed by atoms with van der Waals surface area (Å²) in [5.74, 6) is -0.993. The number of hydrogen-bond donors (Lipinski definition) is 3. The second-order valence-electron chi connectivity index (χ2n) is 4.13. The number of nitrogens with one attached hydrogen (secondary N) is 2. The van der Waals surface area contributed by atoms with Crippen molar-refractivity contribution in [3.8, 4) is 0 Å². The minimum absolute atomic E-state index is 0.414. The van der Waals surface area contributed by atoms with E-state index in [0.717, 1.165) is 25.9 Å². The van der Waals surface area contributed by atoms with Gasteiger partial charge in [-0.1, -0.05) is 13.3 Å². The van der Waals surface area contributed by atoms with Crippen molar-refractivity contribution in [3.05, 3.63) is 0 Å². The van der Waals surface area contributed by atoms with Gasteiger partial charge in [-0.3, -0.25) is 0 Å². The highest BCUT2D eigenvalue weighted by Crippen LogP contribution is 1.97. The van der Waals surface area contributed by atoms with Gasteiger partial charge in [0, 0.05) is 20.3 Å². The van der Waals surface area contributed by atoms with Crippen molar-refractivity contribution in [1.82, 2.24) is 10.6 Å². The van der Waals surface area contributed by atoms with Crippen LogP contribution in [0.4, 0.5) is 4.79 Å². The molecule has 0 spiro atoms. The van der Waals surface area contributed by atoms with Gasteiger partial charge in [-0.05, 0) is 25.7 Å². The minimum atomic E-state index is -0.993. The van der Waals surface area contributed by atoms with Crippen LogP contribution in [0.5, 0.6) is 0 Å². The fraction of sp³-hybridized carbons (Fsp3) is 0.833. The smallest absolute Gasteiger partial charge is 0.326 e. The number of carboxylic acids is 1. The van der Waals surface area contributed by atoms with Crippen LogP contribution in [0.2, 0.25) is 0 Å². The molecule has 0 aliphatic rings. The Balaban J connectivity index is 3.65. The lowest BCUT2D eigenvalue weighted by Gasteiger charge is -2.14. The van der Waals surface area contributed by atoms with Gasteiger partial charge in [0.2, 0.25) is 0 Å². The van der Waals surface area contributed by atoms with E-state index < -0.39 is 18.0 Å². The number of urea groups is 1. The van der Waals surface area contributed by atoms with Crippen molar-refractivity contribution in [1.29, 1.82) is 0 Å². The second-order valence-corrected chi connectivity index (χ2v) is 4.13. The lowest BCUT2D eigenvalue weighted by molar-refractivity contribution is -0.139. The maximum absolute atomic E-state index is 11.4. The van der Waals surface area contributed by atoms with Crippen molar-refractivity contribution in [2.45, 2.75) is 45.1 Å². The van der Waals surface area contributed by atoms with Gasteiger partial charge in [0.1, 0.15) is 6.04 Å². The Labute approximate surface area is 108 Å². The van der Waals surface area contributed by atoms with Crippen LogP contribution in [0.25, 0.3) is 0 Å². The van der Waals surface area contributed by atoms with E-state index in [9.17, 15) is 9.59 Å². The highest BCUT2D eigenvalue weighted by atomic mass is 16.5. The van der Waals surface area contributed by atoms with Gasteiger partial charge in [0.05, 0.1) is 0 Å². The van der Waals surface area contributed by atoms with Crippen molar-refractivity contribution >= 4 is 12.0 Å². The summed E-state index contributed by atoms with van der Waals surface area (Å²) >= 11 is 0. The third-order valence-corrected chi connectivity index (χ3v) is 2.49. The van der Waals surface area contributed by atoms with Gasteiger partial charge in [-0.2, -0.15) is 0 Å². The van der Waals surface area contributed by atoms with Crippen LogP contribution in [0.3, 0.4) is 0 Å². The van der Waals surface area contributed by atoms with Gasteiger partial charge in [0.25, 0.3) is 0 Å². The Kier molecular flexibility index (Phi) is 10.0. The Bertz CT molecular complexity index is 246. The number of carboxylic acid groups (broad SMARTS) is 1. The average Bonchev–Trinajstić information content (AvgIpc) is 2.33. The molecule has 18 heavy (non-hydrogen) atoms. The molecule has 106 valence electrons. The quantitative estimate of drug-likeness (QED) is 0.517. The van der Waals surface area contributed by atoms with Crippen LogP contribution in [0.15, 0.2) is 0 Å². The van der Waals surface area contributed by atoms with E-state index in [2.05, 4.69) is 10.6 Å². The summed E-state index contributed by atoms with van der Waals surface area (Å²) in [6.07, 6.45) is 3.96. The summed E-state index contributed by atoms with van der Waals surface area (Å²) in [5, 5.41) is 14.0. The maximum atomic E-state index is 11.4. The highest BCUT2D eigenvalue weighted by Gasteiger charge is 2.17. The average molecular weight is 260 g/mol. The summed E-state index contributed by atoms with van der Waals surface area (Å²) in [4.78, 5) is 22.2. The fourth-order valence-electron chi connectivity index (χ4n) is 1.51. The van der Waals surface area contributed by atoms with E-state index >= 15 is 0 Å². The number of carbonyl (C=O) groups excluding carboxylic acids is 1. The van der Waals surface area contributed by atoms with Crippen LogP contribution in [-0.2, 0) is 9.53 Å². The first kappa shape index (κ1) is 16.7. The third-order valence-electron chi connectivity index (χ3n) is 2.49. The first-order chi connectivity index (χ1) is 8.61. The molecular formula is C12H24N2O4. The van der Waals surface area contributed by atoms with Crippen molar-refractivity contribution < 1.29 is 19.4 Å². The lowest BCUT2D eigenvalue weighted by atomic mass is 10.2. The van der Waals surface area contributed by atoms with E-state index in [1.165, 1.54) is 0 Å². The number of ether oxygens (including phenoxy) is 1. The molecule has 0 unspecified atom stereocenters. The van der Waals surface area contributed by atoms with E-state index in [-0.39, 0.29) is 0 Å². The van der Waals surface area contributed by atoms with Crippen LogP contribution in [-0.4, -0.2) is 43.4 Å². The molecule has 0 aromatic carbocycles. The van der Waals surface area contributed by atoms with Crippen molar-refractivity contribution in [2.75, 3.05) is 20.3 Å². The van der Waals surface area contributed by atoms with Gasteiger partial charge in [-0.15, -0.1) is 0 Å². The van der Waals surface area contributed by atoms with Crippen molar-refractivity contribution in [3.63, 3.8) is 0 Å². The summed E-state index contributed by atoms with van der Waals surface area (Å²) < 4.78 is 4.91. The van der Waals surface area contributed by atoms with Gasteiger partial charge in [-0.25, -0.2) is 9.59 Å². The van der Waals surface area contributed by atoms with E-state index in [1.54, 1.807) is 7.11 Å². The molecule has 0 radical (unpaired) electrons. The molecule has 0 aliphatic heterocycles. The normalized spacial score (nSPS) is 11.9. The van der Waals surface area contributed by atoms with Crippen LogP contribution < -0.4 is 10.6 Å². The zero-order chi connectivity index (χ0) is 13.8. The first-order valence-corrected chi connectivity index (χ1v) is 6.38. The van der Waals surface area contributed by atoms with Gasteiger partial charge in [0.15, 0.2) is 0 Å². The second kappa shape index (κ2) is 10.8. The molecule has 2 amide bonds. The molecule has 0 fully saturated rings. The highest BCUT2D eigenvalue weighted by molar-refractivity contribution is 5.82. The summed E-state index contributed by atoms with van der Waals surface area (Å²) in [6.45, 7) is 3.16. The Morgan fingerprint density at radius 3 is 2.56 bits per heavy atom. The van der Waals surface area contributed by atoms with Gasteiger partial charge >= 0.3 is 12.0 Å². The van der Waals surface area contributed by atoms with E-state index in [1.807, 2.05) is 6.92 Å². The Morgan fingerprint density at radius 1 is 1.28 bits per heavy atom. The predicted octanol–water partition coefficient (Wildman–Crippen LogP) is 1.36.